The highest BCUT2D eigenvalue weighted by atomic mass is 32.1. The molecule has 0 atom stereocenters. The summed E-state index contributed by atoms with van der Waals surface area (Å²) in [7, 11) is 0. The first-order valence-corrected chi connectivity index (χ1v) is 8.80. The summed E-state index contributed by atoms with van der Waals surface area (Å²) in [6.07, 6.45) is 6.00. The molecule has 2 N–H and O–H groups in total. The average Bonchev–Trinajstić information content (AvgIpc) is 2.54. The third kappa shape index (κ3) is 6.18. The molecule has 0 radical (unpaired) electrons. The van der Waals surface area contributed by atoms with Crippen molar-refractivity contribution in [3.8, 4) is 5.75 Å². The summed E-state index contributed by atoms with van der Waals surface area (Å²) < 4.78 is 5.61. The maximum Gasteiger partial charge on any atom is 0.257 e. The highest BCUT2D eigenvalue weighted by molar-refractivity contribution is 7.80. The van der Waals surface area contributed by atoms with E-state index in [-0.39, 0.29) is 5.91 Å². The van der Waals surface area contributed by atoms with Crippen LogP contribution in [0.5, 0.6) is 5.75 Å². The summed E-state index contributed by atoms with van der Waals surface area (Å²) in [5, 5.41) is 6.41. The normalized spacial score (nSPS) is 15.3. The first-order valence-electron chi connectivity index (χ1n) is 8.39. The molecule has 2 rings (SSSR count). The lowest BCUT2D eigenvalue weighted by Crippen LogP contribution is -2.44. The Kier molecular flexibility index (Phi) is 6.84. The number of carbonyl (C=O) groups excluding carboxylic acids is 1. The Balaban J connectivity index is 1.81. The SMILES string of the molecule is CC(C)COc1ccc(C(=O)NC(=S)NC2CCCCC2)cc1. The Morgan fingerprint density at radius 2 is 1.87 bits per heavy atom. The standard InChI is InChI=1S/C18H26N2O2S/c1-13(2)12-22-16-10-8-14(9-11-16)17(21)20-18(23)19-15-6-4-3-5-7-15/h8-11,13,15H,3-7,12H2,1-2H3,(H2,19,20,21,23). The van der Waals surface area contributed by atoms with Gasteiger partial charge in [-0.2, -0.15) is 0 Å². The fraction of sp³-hybridized carbons (Fsp3) is 0.556. The zero-order valence-corrected chi connectivity index (χ0v) is 14.7. The number of nitrogens with one attached hydrogen (secondary N) is 2. The second-order valence-electron chi connectivity index (χ2n) is 6.49. The van der Waals surface area contributed by atoms with E-state index in [0.29, 0.717) is 29.2 Å². The maximum atomic E-state index is 12.2. The number of hydrogen-bond donors (Lipinski definition) is 2. The van der Waals surface area contributed by atoms with Gasteiger partial charge in [-0.05, 0) is 55.2 Å². The molecule has 0 heterocycles. The van der Waals surface area contributed by atoms with Crippen LogP contribution < -0.4 is 15.4 Å². The van der Waals surface area contributed by atoms with Crippen LogP contribution in [0, 0.1) is 5.92 Å². The van der Waals surface area contributed by atoms with Crippen LogP contribution in [0.2, 0.25) is 0 Å². The number of benzene rings is 1. The molecule has 1 aromatic rings. The lowest BCUT2D eigenvalue weighted by molar-refractivity contribution is 0.0976. The smallest absolute Gasteiger partial charge is 0.257 e. The van der Waals surface area contributed by atoms with Crippen molar-refractivity contribution < 1.29 is 9.53 Å². The van der Waals surface area contributed by atoms with Gasteiger partial charge in [-0.25, -0.2) is 0 Å². The minimum absolute atomic E-state index is 0.186. The molecule has 126 valence electrons. The minimum atomic E-state index is -0.186. The summed E-state index contributed by atoms with van der Waals surface area (Å²) in [6, 6.07) is 7.54. The molecule has 1 fully saturated rings. The average molecular weight is 334 g/mol. The van der Waals surface area contributed by atoms with Crippen molar-refractivity contribution in [1.29, 1.82) is 0 Å². The monoisotopic (exact) mass is 334 g/mol. The molecule has 23 heavy (non-hydrogen) atoms. The number of amides is 1. The molecule has 1 aliphatic rings. The predicted molar refractivity (Wildman–Crippen MR) is 96.8 cm³/mol. The van der Waals surface area contributed by atoms with E-state index in [9.17, 15) is 4.79 Å². The molecule has 0 spiro atoms. The van der Waals surface area contributed by atoms with E-state index in [1.807, 2.05) is 12.1 Å². The minimum Gasteiger partial charge on any atom is -0.493 e. The Morgan fingerprint density at radius 1 is 1.22 bits per heavy atom. The maximum absolute atomic E-state index is 12.2. The zero-order chi connectivity index (χ0) is 16.7. The topological polar surface area (TPSA) is 50.4 Å². The lowest BCUT2D eigenvalue weighted by Gasteiger charge is -2.24. The summed E-state index contributed by atoms with van der Waals surface area (Å²) in [4.78, 5) is 12.2. The predicted octanol–water partition coefficient (Wildman–Crippen LogP) is 3.66. The van der Waals surface area contributed by atoms with Crippen molar-refractivity contribution in [3.05, 3.63) is 29.8 Å². The first kappa shape index (κ1) is 17.7. The second kappa shape index (κ2) is 8.87. The van der Waals surface area contributed by atoms with E-state index in [0.717, 1.165) is 18.6 Å². The van der Waals surface area contributed by atoms with Gasteiger partial charge in [-0.1, -0.05) is 33.1 Å². The fourth-order valence-corrected chi connectivity index (χ4v) is 2.87. The van der Waals surface area contributed by atoms with Crippen molar-refractivity contribution in [3.63, 3.8) is 0 Å². The molecule has 1 amide bonds. The third-order valence-corrected chi connectivity index (χ3v) is 4.09. The van der Waals surface area contributed by atoms with Gasteiger partial charge in [0.15, 0.2) is 5.11 Å². The lowest BCUT2D eigenvalue weighted by atomic mass is 9.96. The largest absolute Gasteiger partial charge is 0.493 e. The van der Waals surface area contributed by atoms with Crippen LogP contribution in [-0.2, 0) is 0 Å². The van der Waals surface area contributed by atoms with E-state index in [1.165, 1.54) is 19.3 Å². The van der Waals surface area contributed by atoms with Gasteiger partial charge < -0.3 is 10.1 Å². The van der Waals surface area contributed by atoms with Gasteiger partial charge >= 0.3 is 0 Å². The summed E-state index contributed by atoms with van der Waals surface area (Å²) in [5.74, 6) is 1.06. The summed E-state index contributed by atoms with van der Waals surface area (Å²) >= 11 is 5.24. The quantitative estimate of drug-likeness (QED) is 0.807. The van der Waals surface area contributed by atoms with Crippen molar-refractivity contribution in [2.24, 2.45) is 5.92 Å². The Bertz CT molecular complexity index is 522. The zero-order valence-electron chi connectivity index (χ0n) is 13.9. The van der Waals surface area contributed by atoms with Crippen LogP contribution in [-0.4, -0.2) is 23.7 Å². The molecule has 1 aliphatic carbocycles. The van der Waals surface area contributed by atoms with Gasteiger partial charge in [-0.15, -0.1) is 0 Å². The van der Waals surface area contributed by atoms with Gasteiger partial charge in [0.1, 0.15) is 5.75 Å². The van der Waals surface area contributed by atoms with Gasteiger partial charge in [0.2, 0.25) is 0 Å². The van der Waals surface area contributed by atoms with Gasteiger partial charge in [0.25, 0.3) is 5.91 Å². The van der Waals surface area contributed by atoms with Gasteiger partial charge in [-0.3, -0.25) is 10.1 Å². The summed E-state index contributed by atoms with van der Waals surface area (Å²) in [5.41, 5.74) is 0.578. The highest BCUT2D eigenvalue weighted by Crippen LogP contribution is 2.17. The Hall–Kier alpha value is -1.62. The summed E-state index contributed by atoms with van der Waals surface area (Å²) in [6.45, 7) is 4.87. The Morgan fingerprint density at radius 3 is 2.48 bits per heavy atom. The number of hydrogen-bond acceptors (Lipinski definition) is 3. The van der Waals surface area contributed by atoms with Crippen molar-refractivity contribution in [2.45, 2.75) is 52.0 Å². The second-order valence-corrected chi connectivity index (χ2v) is 6.90. The number of carbonyl (C=O) groups is 1. The molecule has 1 saturated carbocycles. The van der Waals surface area contributed by atoms with Gasteiger partial charge in [0.05, 0.1) is 6.61 Å². The molecule has 5 heteroatoms. The van der Waals surface area contributed by atoms with Crippen LogP contribution in [0.3, 0.4) is 0 Å². The molecule has 0 saturated heterocycles. The molecule has 0 bridgehead atoms. The van der Waals surface area contributed by atoms with Crippen molar-refractivity contribution in [1.82, 2.24) is 10.6 Å². The van der Waals surface area contributed by atoms with E-state index in [1.54, 1.807) is 12.1 Å². The molecular weight excluding hydrogens is 308 g/mol. The van der Waals surface area contributed by atoms with Crippen LogP contribution >= 0.6 is 12.2 Å². The number of thiocarbonyl (C=S) groups is 1. The van der Waals surface area contributed by atoms with Crippen LogP contribution in [0.1, 0.15) is 56.3 Å². The molecule has 0 unspecified atom stereocenters. The van der Waals surface area contributed by atoms with Crippen LogP contribution in [0.15, 0.2) is 24.3 Å². The van der Waals surface area contributed by atoms with E-state index in [4.69, 9.17) is 17.0 Å². The molecule has 4 nitrogen and oxygen atoms in total. The van der Waals surface area contributed by atoms with E-state index in [2.05, 4.69) is 24.5 Å². The fourth-order valence-electron chi connectivity index (χ4n) is 2.61. The van der Waals surface area contributed by atoms with Crippen LogP contribution in [0.4, 0.5) is 0 Å². The number of rotatable bonds is 5. The molecule has 1 aromatic carbocycles. The highest BCUT2D eigenvalue weighted by Gasteiger charge is 2.15. The molecule has 0 aromatic heterocycles. The third-order valence-electron chi connectivity index (χ3n) is 3.87. The first-order chi connectivity index (χ1) is 11.0. The molecular formula is C18H26N2O2S. The van der Waals surface area contributed by atoms with Crippen LogP contribution in [0.25, 0.3) is 0 Å². The number of ether oxygens (including phenoxy) is 1. The van der Waals surface area contributed by atoms with E-state index >= 15 is 0 Å². The van der Waals surface area contributed by atoms with E-state index < -0.39 is 0 Å². The van der Waals surface area contributed by atoms with Gasteiger partial charge in [0, 0.05) is 11.6 Å². The Labute approximate surface area is 144 Å². The van der Waals surface area contributed by atoms with Crippen molar-refractivity contribution in [2.75, 3.05) is 6.61 Å². The van der Waals surface area contributed by atoms with Crippen molar-refractivity contribution >= 4 is 23.2 Å². The molecule has 0 aliphatic heterocycles.